The lowest BCUT2D eigenvalue weighted by Crippen LogP contribution is -2.23. The monoisotopic (exact) mass is 354 g/mol. The summed E-state index contributed by atoms with van der Waals surface area (Å²) < 4.78 is 2.18. The Morgan fingerprint density at radius 2 is 2.08 bits per heavy atom. The highest BCUT2D eigenvalue weighted by Gasteiger charge is 2.19. The molecule has 1 fully saturated rings. The molecule has 0 unspecified atom stereocenters. The second-order valence-corrected chi connectivity index (χ2v) is 7.62. The van der Waals surface area contributed by atoms with Gasteiger partial charge >= 0.3 is 0 Å². The number of hydrogen-bond acceptors (Lipinski definition) is 5. The molecule has 1 N–H and O–H groups in total. The van der Waals surface area contributed by atoms with Gasteiger partial charge in [-0.25, -0.2) is 9.97 Å². The van der Waals surface area contributed by atoms with Crippen LogP contribution < -0.4 is 5.32 Å². The summed E-state index contributed by atoms with van der Waals surface area (Å²) in [7, 11) is 0. The standard InChI is InChI=1S/C20H30N6/c1-2-10-25-11-5-12-26-18(15-25)13-17(24-26)14-22-20-21-9-8-19(23-20)16-6-3-4-7-16/h8-9,13,16H,2-7,10-12,14-15H2,1H3,(H,21,22,23). The quantitative estimate of drug-likeness (QED) is 0.859. The van der Waals surface area contributed by atoms with Crippen molar-refractivity contribution < 1.29 is 0 Å². The lowest BCUT2D eigenvalue weighted by atomic mass is 10.0. The van der Waals surface area contributed by atoms with Crippen molar-refractivity contribution in [3.8, 4) is 0 Å². The molecule has 3 heterocycles. The Morgan fingerprint density at radius 1 is 1.19 bits per heavy atom. The first-order valence-corrected chi connectivity index (χ1v) is 10.2. The largest absolute Gasteiger partial charge is 0.348 e. The smallest absolute Gasteiger partial charge is 0.223 e. The Bertz CT molecular complexity index is 719. The molecular weight excluding hydrogens is 324 g/mol. The second kappa shape index (κ2) is 8.16. The molecule has 0 aromatic carbocycles. The van der Waals surface area contributed by atoms with Crippen molar-refractivity contribution in [1.82, 2.24) is 24.6 Å². The van der Waals surface area contributed by atoms with Gasteiger partial charge in [-0.3, -0.25) is 9.58 Å². The van der Waals surface area contributed by atoms with Crippen molar-refractivity contribution in [2.24, 2.45) is 0 Å². The predicted octanol–water partition coefficient (Wildman–Crippen LogP) is 3.56. The van der Waals surface area contributed by atoms with Crippen LogP contribution in [-0.2, 0) is 19.6 Å². The summed E-state index contributed by atoms with van der Waals surface area (Å²) in [4.78, 5) is 11.7. The summed E-state index contributed by atoms with van der Waals surface area (Å²) in [6, 6.07) is 4.31. The minimum atomic E-state index is 0.617. The Kier molecular flexibility index (Phi) is 5.48. The van der Waals surface area contributed by atoms with Crippen LogP contribution in [0.2, 0.25) is 0 Å². The van der Waals surface area contributed by atoms with Gasteiger partial charge < -0.3 is 5.32 Å². The Labute approximate surface area is 156 Å². The minimum absolute atomic E-state index is 0.617. The molecule has 1 saturated carbocycles. The number of aryl methyl sites for hydroxylation is 1. The van der Waals surface area contributed by atoms with Crippen molar-refractivity contribution in [2.75, 3.05) is 18.4 Å². The molecule has 0 spiro atoms. The van der Waals surface area contributed by atoms with E-state index in [1.54, 1.807) is 0 Å². The van der Waals surface area contributed by atoms with E-state index < -0.39 is 0 Å². The summed E-state index contributed by atoms with van der Waals surface area (Å²) in [6.07, 6.45) is 9.44. The fraction of sp³-hybridized carbons (Fsp3) is 0.650. The SMILES string of the molecule is CCCN1CCCn2nc(CNc3nccc(C4CCCC4)n3)cc2C1. The number of nitrogens with zero attached hydrogens (tertiary/aromatic N) is 5. The summed E-state index contributed by atoms with van der Waals surface area (Å²) in [6.45, 7) is 7.30. The first kappa shape index (κ1) is 17.5. The minimum Gasteiger partial charge on any atom is -0.348 e. The van der Waals surface area contributed by atoms with E-state index in [2.05, 4.69) is 38.9 Å². The molecule has 0 amide bonds. The van der Waals surface area contributed by atoms with E-state index in [0.717, 1.165) is 24.7 Å². The molecule has 2 aromatic rings. The highest BCUT2D eigenvalue weighted by molar-refractivity contribution is 5.28. The third-order valence-electron chi connectivity index (χ3n) is 5.56. The van der Waals surface area contributed by atoms with Gasteiger partial charge in [0, 0.05) is 37.4 Å². The van der Waals surface area contributed by atoms with E-state index >= 15 is 0 Å². The molecule has 140 valence electrons. The van der Waals surface area contributed by atoms with Crippen LogP contribution in [0.1, 0.15) is 68.4 Å². The molecule has 6 heteroatoms. The van der Waals surface area contributed by atoms with Crippen molar-refractivity contribution in [3.63, 3.8) is 0 Å². The molecule has 0 saturated heterocycles. The van der Waals surface area contributed by atoms with Gasteiger partial charge in [0.05, 0.1) is 17.9 Å². The van der Waals surface area contributed by atoms with Gasteiger partial charge in [-0.2, -0.15) is 5.10 Å². The van der Waals surface area contributed by atoms with Gasteiger partial charge in [-0.05, 0) is 44.4 Å². The van der Waals surface area contributed by atoms with Crippen LogP contribution >= 0.6 is 0 Å². The van der Waals surface area contributed by atoms with E-state index in [4.69, 9.17) is 10.1 Å². The molecule has 2 aromatic heterocycles. The first-order chi connectivity index (χ1) is 12.8. The maximum Gasteiger partial charge on any atom is 0.223 e. The summed E-state index contributed by atoms with van der Waals surface area (Å²) in [5.74, 6) is 1.34. The molecule has 0 atom stereocenters. The van der Waals surface area contributed by atoms with Crippen molar-refractivity contribution in [3.05, 3.63) is 35.4 Å². The normalized spacial score (nSPS) is 18.7. The van der Waals surface area contributed by atoms with Crippen LogP contribution in [0, 0.1) is 0 Å². The maximum atomic E-state index is 4.79. The maximum absolute atomic E-state index is 4.79. The molecule has 1 aliphatic carbocycles. The topological polar surface area (TPSA) is 58.9 Å². The third kappa shape index (κ3) is 4.06. The zero-order valence-electron chi connectivity index (χ0n) is 15.8. The Morgan fingerprint density at radius 3 is 2.92 bits per heavy atom. The number of hydrogen-bond donors (Lipinski definition) is 1. The number of anilines is 1. The Balaban J connectivity index is 1.39. The third-order valence-corrected chi connectivity index (χ3v) is 5.56. The Hall–Kier alpha value is -1.95. The van der Waals surface area contributed by atoms with E-state index in [9.17, 15) is 0 Å². The van der Waals surface area contributed by atoms with Crippen LogP contribution in [0.4, 0.5) is 5.95 Å². The lowest BCUT2D eigenvalue weighted by Gasteiger charge is -2.17. The van der Waals surface area contributed by atoms with Gasteiger partial charge in [0.2, 0.25) is 5.95 Å². The van der Waals surface area contributed by atoms with Gasteiger partial charge in [-0.1, -0.05) is 19.8 Å². The molecule has 6 nitrogen and oxygen atoms in total. The van der Waals surface area contributed by atoms with Gasteiger partial charge in [0.1, 0.15) is 0 Å². The number of nitrogens with one attached hydrogen (secondary N) is 1. The average Bonchev–Trinajstić information content (AvgIpc) is 3.28. The number of aromatic nitrogens is 4. The van der Waals surface area contributed by atoms with Crippen LogP contribution in [0.15, 0.2) is 18.3 Å². The van der Waals surface area contributed by atoms with Crippen LogP contribution in [0.5, 0.6) is 0 Å². The number of rotatable bonds is 6. The van der Waals surface area contributed by atoms with Crippen LogP contribution in [0.25, 0.3) is 0 Å². The van der Waals surface area contributed by atoms with E-state index in [1.165, 1.54) is 63.0 Å². The summed E-state index contributed by atoms with van der Waals surface area (Å²) in [5, 5.41) is 8.17. The van der Waals surface area contributed by atoms with Crippen molar-refractivity contribution in [1.29, 1.82) is 0 Å². The molecule has 0 bridgehead atoms. The van der Waals surface area contributed by atoms with Crippen LogP contribution in [-0.4, -0.2) is 37.7 Å². The molecule has 4 rings (SSSR count). The zero-order valence-corrected chi connectivity index (χ0v) is 15.8. The van der Waals surface area contributed by atoms with Crippen molar-refractivity contribution >= 4 is 5.95 Å². The first-order valence-electron chi connectivity index (χ1n) is 10.2. The highest BCUT2D eigenvalue weighted by atomic mass is 15.3. The van der Waals surface area contributed by atoms with Gasteiger partial charge in [0.25, 0.3) is 0 Å². The van der Waals surface area contributed by atoms with E-state index in [-0.39, 0.29) is 0 Å². The molecule has 1 aliphatic heterocycles. The van der Waals surface area contributed by atoms with E-state index in [0.29, 0.717) is 12.5 Å². The van der Waals surface area contributed by atoms with Crippen LogP contribution in [0.3, 0.4) is 0 Å². The fourth-order valence-corrected chi connectivity index (χ4v) is 4.26. The predicted molar refractivity (Wildman–Crippen MR) is 103 cm³/mol. The van der Waals surface area contributed by atoms with Gasteiger partial charge in [0.15, 0.2) is 0 Å². The highest BCUT2D eigenvalue weighted by Crippen LogP contribution is 2.33. The molecular formula is C20H30N6. The molecule has 0 radical (unpaired) electrons. The summed E-state index contributed by atoms with van der Waals surface area (Å²) >= 11 is 0. The summed E-state index contributed by atoms with van der Waals surface area (Å²) in [5.41, 5.74) is 3.59. The van der Waals surface area contributed by atoms with Gasteiger partial charge in [-0.15, -0.1) is 0 Å². The zero-order chi connectivity index (χ0) is 17.8. The second-order valence-electron chi connectivity index (χ2n) is 7.62. The van der Waals surface area contributed by atoms with E-state index in [1.807, 2.05) is 6.20 Å². The molecule has 26 heavy (non-hydrogen) atoms. The number of fused-ring (bicyclic) bond motifs is 1. The molecule has 2 aliphatic rings. The van der Waals surface area contributed by atoms with Crippen molar-refractivity contribution in [2.45, 2.75) is 71.0 Å². The lowest BCUT2D eigenvalue weighted by molar-refractivity contribution is 0.270. The average molecular weight is 355 g/mol. The fourth-order valence-electron chi connectivity index (χ4n) is 4.26.